The van der Waals surface area contributed by atoms with Crippen LogP contribution in [-0.4, -0.2) is 0 Å². The molecule has 4 heteroatoms. The van der Waals surface area contributed by atoms with Crippen molar-refractivity contribution in [2.75, 3.05) is 0 Å². The molecule has 0 unspecified atom stereocenters. The molecular weight excluding hydrogens is 406 g/mol. The van der Waals surface area contributed by atoms with Gasteiger partial charge in [-0.2, -0.15) is 0 Å². The minimum absolute atomic E-state index is 0.736. The molecule has 0 N–H and O–H groups in total. The second-order valence-electron chi connectivity index (χ2n) is 2.12. The summed E-state index contributed by atoms with van der Waals surface area (Å²) in [7, 11) is 0. The van der Waals surface area contributed by atoms with Crippen LogP contribution in [-0.2, 0) is 0 Å². The van der Waals surface area contributed by atoms with E-state index >= 15 is 0 Å². The van der Waals surface area contributed by atoms with E-state index in [1.165, 1.54) is 5.56 Å². The second kappa shape index (κ2) is 3.94. The Morgan fingerprint density at radius 1 is 1.45 bits per heavy atom. The van der Waals surface area contributed by atoms with Crippen LogP contribution < -0.4 is 0 Å². The van der Waals surface area contributed by atoms with Crippen molar-refractivity contribution in [3.63, 3.8) is 0 Å². The summed E-state index contributed by atoms with van der Waals surface area (Å²) in [5.74, 6) is 0. The molecule has 0 heterocycles. The summed E-state index contributed by atoms with van der Waals surface area (Å²) >= 11 is 15.0. The molecule has 0 bridgehead atoms. The van der Waals surface area contributed by atoms with Gasteiger partial charge in [-0.05, 0) is 73.0 Å². The maximum atomic E-state index is 5.96. The van der Waals surface area contributed by atoms with E-state index in [1.54, 1.807) is 0 Å². The van der Waals surface area contributed by atoms with Gasteiger partial charge >= 0.3 is 0 Å². The van der Waals surface area contributed by atoms with Gasteiger partial charge in [-0.25, -0.2) is 0 Å². The Hall–Kier alpha value is 1.20. The van der Waals surface area contributed by atoms with Crippen LogP contribution in [0.4, 0.5) is 0 Å². The van der Waals surface area contributed by atoms with E-state index in [2.05, 4.69) is 54.5 Å². The average Bonchev–Trinajstić information content (AvgIpc) is 1.97. The second-order valence-corrected chi connectivity index (χ2v) is 5.22. The van der Waals surface area contributed by atoms with Crippen LogP contribution >= 0.6 is 66.1 Å². The van der Waals surface area contributed by atoms with Crippen LogP contribution in [0.2, 0.25) is 5.02 Å². The molecule has 1 aromatic rings. The number of hydrogen-bond acceptors (Lipinski definition) is 0. The molecule has 0 aliphatic rings. The highest BCUT2D eigenvalue weighted by Crippen LogP contribution is 2.35. The Labute approximate surface area is 101 Å². The standard InChI is InChI=1S/C7H4Br2ClI/c1-3-2-4(8)6(10)5(9)7(3)11/h2H,1H3. The van der Waals surface area contributed by atoms with Crippen LogP contribution in [0.5, 0.6) is 0 Å². The van der Waals surface area contributed by atoms with Gasteiger partial charge in [0, 0.05) is 8.04 Å². The minimum Gasteiger partial charge on any atom is -0.0818 e. The first-order chi connectivity index (χ1) is 5.04. The molecule has 0 aliphatic heterocycles. The van der Waals surface area contributed by atoms with Gasteiger partial charge in [0.05, 0.1) is 9.50 Å². The van der Waals surface area contributed by atoms with E-state index < -0.39 is 0 Å². The first-order valence-electron chi connectivity index (χ1n) is 2.83. The van der Waals surface area contributed by atoms with E-state index in [-0.39, 0.29) is 0 Å². The highest BCUT2D eigenvalue weighted by Gasteiger charge is 2.08. The molecule has 11 heavy (non-hydrogen) atoms. The number of halogens is 4. The van der Waals surface area contributed by atoms with Crippen LogP contribution in [0.15, 0.2) is 15.0 Å². The van der Waals surface area contributed by atoms with E-state index in [9.17, 15) is 0 Å². The van der Waals surface area contributed by atoms with Crippen molar-refractivity contribution in [2.45, 2.75) is 6.92 Å². The van der Waals surface area contributed by atoms with Crippen LogP contribution in [0, 0.1) is 10.5 Å². The predicted octanol–water partition coefficient (Wildman–Crippen LogP) is 4.78. The van der Waals surface area contributed by atoms with Gasteiger partial charge < -0.3 is 0 Å². The monoisotopic (exact) mass is 408 g/mol. The predicted molar refractivity (Wildman–Crippen MR) is 64.3 cm³/mol. The fraction of sp³-hybridized carbons (Fsp3) is 0.143. The number of hydrogen-bond donors (Lipinski definition) is 0. The van der Waals surface area contributed by atoms with Crippen molar-refractivity contribution in [3.8, 4) is 0 Å². The molecule has 0 radical (unpaired) electrons. The Balaban J connectivity index is 3.46. The first-order valence-corrected chi connectivity index (χ1v) is 5.88. The average molecular weight is 410 g/mol. The lowest BCUT2D eigenvalue weighted by atomic mass is 10.2. The fourth-order valence-corrected chi connectivity index (χ4v) is 2.76. The van der Waals surface area contributed by atoms with Crippen LogP contribution in [0.3, 0.4) is 0 Å². The molecule has 1 aromatic carbocycles. The SMILES string of the molecule is Cc1cc(Br)c(Cl)c(Br)c1I. The third kappa shape index (κ3) is 2.11. The van der Waals surface area contributed by atoms with Crippen molar-refractivity contribution < 1.29 is 0 Å². The molecule has 0 saturated carbocycles. The van der Waals surface area contributed by atoms with Gasteiger partial charge in [0.15, 0.2) is 0 Å². The Kier molecular flexibility index (Phi) is 3.68. The van der Waals surface area contributed by atoms with Gasteiger partial charge in [0.2, 0.25) is 0 Å². The maximum Gasteiger partial charge on any atom is 0.0701 e. The summed E-state index contributed by atoms with van der Waals surface area (Å²) in [5.41, 5.74) is 1.22. The molecule has 0 nitrogen and oxygen atoms in total. The highest BCUT2D eigenvalue weighted by atomic mass is 127. The largest absolute Gasteiger partial charge is 0.0818 e. The third-order valence-corrected chi connectivity index (χ3v) is 5.68. The fourth-order valence-electron chi connectivity index (χ4n) is 0.691. The van der Waals surface area contributed by atoms with E-state index in [1.807, 2.05) is 13.0 Å². The lowest BCUT2D eigenvalue weighted by molar-refractivity contribution is 1.38. The number of benzene rings is 1. The molecule has 1 rings (SSSR count). The Morgan fingerprint density at radius 3 is 2.55 bits per heavy atom. The lowest BCUT2D eigenvalue weighted by Crippen LogP contribution is -1.84. The van der Waals surface area contributed by atoms with Crippen molar-refractivity contribution in [1.82, 2.24) is 0 Å². The summed E-state index contributed by atoms with van der Waals surface area (Å²) in [6.07, 6.45) is 0. The van der Waals surface area contributed by atoms with Gasteiger partial charge in [0.25, 0.3) is 0 Å². The molecule has 0 spiro atoms. The summed E-state index contributed by atoms with van der Waals surface area (Å²) in [6.45, 7) is 2.05. The molecule has 0 aromatic heterocycles. The van der Waals surface area contributed by atoms with Crippen LogP contribution in [0.25, 0.3) is 0 Å². The molecular formula is C7H4Br2ClI. The third-order valence-electron chi connectivity index (χ3n) is 1.28. The summed E-state index contributed by atoms with van der Waals surface area (Å²) in [6, 6.07) is 2.01. The van der Waals surface area contributed by atoms with E-state index in [0.717, 1.165) is 17.5 Å². The number of rotatable bonds is 0. The number of aryl methyl sites for hydroxylation is 1. The summed E-state index contributed by atoms with van der Waals surface area (Å²) < 4.78 is 3.06. The molecule has 0 aliphatic carbocycles. The van der Waals surface area contributed by atoms with Gasteiger partial charge in [0.1, 0.15) is 0 Å². The topological polar surface area (TPSA) is 0 Å². The van der Waals surface area contributed by atoms with Gasteiger partial charge in [-0.1, -0.05) is 11.6 Å². The minimum atomic E-state index is 0.736. The van der Waals surface area contributed by atoms with Gasteiger partial charge in [-0.15, -0.1) is 0 Å². The van der Waals surface area contributed by atoms with E-state index in [0.29, 0.717) is 0 Å². The first kappa shape index (κ1) is 10.3. The highest BCUT2D eigenvalue weighted by molar-refractivity contribution is 14.1. The maximum absolute atomic E-state index is 5.96. The summed E-state index contributed by atoms with van der Waals surface area (Å²) in [5, 5.41) is 0.736. The Morgan fingerprint density at radius 2 is 2.00 bits per heavy atom. The smallest absolute Gasteiger partial charge is 0.0701 e. The molecule has 0 amide bonds. The van der Waals surface area contributed by atoms with Crippen LogP contribution in [0.1, 0.15) is 5.56 Å². The quantitative estimate of drug-likeness (QED) is 0.328. The van der Waals surface area contributed by atoms with Crippen molar-refractivity contribution in [2.24, 2.45) is 0 Å². The molecule has 0 atom stereocenters. The Bertz CT molecular complexity index is 273. The van der Waals surface area contributed by atoms with Crippen molar-refractivity contribution >= 4 is 66.1 Å². The zero-order valence-corrected chi connectivity index (χ0v) is 11.7. The van der Waals surface area contributed by atoms with Crippen molar-refractivity contribution in [3.05, 3.63) is 29.2 Å². The molecule has 60 valence electrons. The zero-order valence-electron chi connectivity index (χ0n) is 5.59. The normalized spacial score (nSPS) is 10.3. The summed E-state index contributed by atoms with van der Waals surface area (Å²) in [4.78, 5) is 0. The van der Waals surface area contributed by atoms with Crippen molar-refractivity contribution in [1.29, 1.82) is 0 Å². The molecule has 0 fully saturated rings. The zero-order chi connectivity index (χ0) is 8.59. The molecule has 0 saturated heterocycles. The van der Waals surface area contributed by atoms with E-state index in [4.69, 9.17) is 11.6 Å². The van der Waals surface area contributed by atoms with Gasteiger partial charge in [-0.3, -0.25) is 0 Å². The lowest BCUT2D eigenvalue weighted by Gasteiger charge is -2.04.